The van der Waals surface area contributed by atoms with Gasteiger partial charge in [-0.3, -0.25) is 9.59 Å². The third kappa shape index (κ3) is 5.67. The topological polar surface area (TPSA) is 102 Å². The van der Waals surface area contributed by atoms with E-state index in [1.807, 2.05) is 47.2 Å². The first kappa shape index (κ1) is 24.0. The molecule has 0 bridgehead atoms. The number of sulfonamides is 1. The van der Waals surface area contributed by atoms with E-state index < -0.39 is 21.8 Å². The molecule has 0 atom stereocenters. The molecule has 0 aromatic heterocycles. The number of rotatable bonds is 8. The van der Waals surface area contributed by atoms with E-state index in [0.29, 0.717) is 17.9 Å². The van der Waals surface area contributed by atoms with Gasteiger partial charge in [0.15, 0.2) is 0 Å². The lowest BCUT2D eigenvalue weighted by atomic mass is 10.1. The second-order valence-electron chi connectivity index (χ2n) is 7.84. The molecule has 35 heavy (non-hydrogen) atoms. The molecule has 0 fully saturated rings. The lowest BCUT2D eigenvalue weighted by molar-refractivity contribution is -0.119. The maximum atomic E-state index is 13.0. The van der Waals surface area contributed by atoms with Crippen LogP contribution in [0.3, 0.4) is 0 Å². The molecule has 0 saturated heterocycles. The summed E-state index contributed by atoms with van der Waals surface area (Å²) in [5.41, 5.74) is 0.347. The van der Waals surface area contributed by atoms with Gasteiger partial charge in [0.1, 0.15) is 16.4 Å². The van der Waals surface area contributed by atoms with Crippen molar-refractivity contribution in [3.05, 3.63) is 96.6 Å². The monoisotopic (exact) mass is 488 g/mol. The minimum atomic E-state index is -4.15. The van der Waals surface area contributed by atoms with Gasteiger partial charge in [0.25, 0.3) is 15.9 Å². The molecule has 0 aliphatic carbocycles. The van der Waals surface area contributed by atoms with Crippen molar-refractivity contribution in [2.24, 2.45) is 0 Å². The Labute approximate surface area is 203 Å². The molecule has 4 rings (SSSR count). The number of benzene rings is 4. The number of amides is 2. The van der Waals surface area contributed by atoms with E-state index in [1.165, 1.54) is 18.2 Å². The van der Waals surface area contributed by atoms with Crippen LogP contribution in [0.5, 0.6) is 11.5 Å². The number of carbonyl (C=O) groups excluding carboxylic acids is 2. The molecular weight excluding hydrogens is 464 g/mol. The molecule has 8 heteroatoms. The quantitative estimate of drug-likeness (QED) is 0.342. The minimum absolute atomic E-state index is 0.0645. The first-order valence-electron chi connectivity index (χ1n) is 11.1. The zero-order valence-electron chi connectivity index (χ0n) is 19.0. The van der Waals surface area contributed by atoms with Crippen LogP contribution in [0.2, 0.25) is 0 Å². The summed E-state index contributed by atoms with van der Waals surface area (Å²) in [6.45, 7) is 1.78. The molecule has 0 saturated carbocycles. The van der Waals surface area contributed by atoms with Gasteiger partial charge >= 0.3 is 0 Å². The van der Waals surface area contributed by atoms with Crippen molar-refractivity contribution in [1.29, 1.82) is 0 Å². The zero-order valence-corrected chi connectivity index (χ0v) is 19.8. The first-order chi connectivity index (χ1) is 16.9. The predicted molar refractivity (Wildman–Crippen MR) is 135 cm³/mol. The molecule has 0 heterocycles. The number of anilines is 1. The minimum Gasteiger partial charge on any atom is -0.457 e. The summed E-state index contributed by atoms with van der Waals surface area (Å²) >= 11 is 0. The van der Waals surface area contributed by atoms with E-state index in [-0.39, 0.29) is 22.6 Å². The average Bonchev–Trinajstić information content (AvgIpc) is 2.84. The van der Waals surface area contributed by atoms with Crippen molar-refractivity contribution in [2.75, 3.05) is 5.32 Å². The molecule has 0 unspecified atom stereocenters. The van der Waals surface area contributed by atoms with Crippen LogP contribution in [-0.4, -0.2) is 20.2 Å². The molecule has 0 radical (unpaired) electrons. The highest BCUT2D eigenvalue weighted by atomic mass is 32.2. The normalized spacial score (nSPS) is 11.1. The highest BCUT2D eigenvalue weighted by molar-refractivity contribution is 7.90. The number of hydrogen-bond donors (Lipinski definition) is 2. The van der Waals surface area contributed by atoms with Crippen LogP contribution in [0.1, 0.15) is 30.1 Å². The highest BCUT2D eigenvalue weighted by Crippen LogP contribution is 2.30. The number of carbonyl (C=O) groups is 2. The van der Waals surface area contributed by atoms with Crippen molar-refractivity contribution in [1.82, 2.24) is 4.72 Å². The second-order valence-corrected chi connectivity index (χ2v) is 9.49. The Balaban J connectivity index is 1.56. The Kier molecular flexibility index (Phi) is 7.12. The van der Waals surface area contributed by atoms with Crippen molar-refractivity contribution in [3.63, 3.8) is 0 Å². The Morgan fingerprint density at radius 3 is 2.40 bits per heavy atom. The maximum Gasteiger partial charge on any atom is 0.266 e. The van der Waals surface area contributed by atoms with Crippen LogP contribution in [-0.2, 0) is 14.8 Å². The molecule has 2 N–H and O–H groups in total. The Morgan fingerprint density at radius 2 is 1.57 bits per heavy atom. The third-order valence-electron chi connectivity index (χ3n) is 5.22. The molecule has 0 spiro atoms. The Hall–Kier alpha value is -4.17. The van der Waals surface area contributed by atoms with Crippen LogP contribution in [0.4, 0.5) is 5.69 Å². The lowest BCUT2D eigenvalue weighted by Gasteiger charge is -2.13. The fourth-order valence-corrected chi connectivity index (χ4v) is 4.77. The molecule has 178 valence electrons. The van der Waals surface area contributed by atoms with Crippen molar-refractivity contribution in [3.8, 4) is 11.5 Å². The SMILES string of the molecule is CCCC(=O)NS(=O)(=O)c1ccccc1NC(=O)c1cccc(Oc2cccc3ccccc23)c1. The van der Waals surface area contributed by atoms with Crippen molar-refractivity contribution >= 4 is 38.3 Å². The average molecular weight is 489 g/mol. The number of ether oxygens (including phenoxy) is 1. The Bertz CT molecular complexity index is 1490. The molecular formula is C27H24N2O5S. The molecule has 2 amide bonds. The van der Waals surface area contributed by atoms with Gasteiger partial charge in [-0.1, -0.05) is 61.5 Å². The molecule has 7 nitrogen and oxygen atoms in total. The zero-order chi connectivity index (χ0) is 24.8. The van der Waals surface area contributed by atoms with E-state index in [1.54, 1.807) is 37.3 Å². The summed E-state index contributed by atoms with van der Waals surface area (Å²) in [6.07, 6.45) is 0.591. The molecule has 0 aliphatic heterocycles. The summed E-state index contributed by atoms with van der Waals surface area (Å²) in [4.78, 5) is 24.7. The first-order valence-corrected chi connectivity index (χ1v) is 12.6. The number of hydrogen-bond acceptors (Lipinski definition) is 5. The second kappa shape index (κ2) is 10.4. The van der Waals surface area contributed by atoms with E-state index in [9.17, 15) is 18.0 Å². The predicted octanol–water partition coefficient (Wildman–Crippen LogP) is 5.49. The third-order valence-corrected chi connectivity index (χ3v) is 6.66. The van der Waals surface area contributed by atoms with Gasteiger partial charge in [-0.15, -0.1) is 0 Å². The van der Waals surface area contributed by atoms with Crippen LogP contribution in [0.25, 0.3) is 10.8 Å². The fourth-order valence-electron chi connectivity index (χ4n) is 3.59. The molecule has 4 aromatic carbocycles. The van der Waals surface area contributed by atoms with Gasteiger partial charge in [0.05, 0.1) is 5.69 Å². The van der Waals surface area contributed by atoms with Gasteiger partial charge in [-0.25, -0.2) is 13.1 Å². The summed E-state index contributed by atoms with van der Waals surface area (Å²) in [7, 11) is -4.15. The standard InChI is InChI=1S/C27H24N2O5S/c1-2-9-26(30)29-35(32,33)25-17-6-5-15-23(25)28-27(31)20-12-7-13-21(18-20)34-24-16-8-11-19-10-3-4-14-22(19)24/h3-8,10-18H,2,9H2,1H3,(H,28,31)(H,29,30). The number of nitrogens with one attached hydrogen (secondary N) is 2. The molecule has 0 aliphatic rings. The van der Waals surface area contributed by atoms with Gasteiger partial charge in [-0.2, -0.15) is 0 Å². The lowest BCUT2D eigenvalue weighted by Crippen LogP contribution is -2.31. The number of fused-ring (bicyclic) bond motifs is 1. The number of para-hydroxylation sites is 1. The van der Waals surface area contributed by atoms with E-state index >= 15 is 0 Å². The smallest absolute Gasteiger partial charge is 0.266 e. The van der Waals surface area contributed by atoms with Crippen LogP contribution < -0.4 is 14.8 Å². The van der Waals surface area contributed by atoms with Gasteiger partial charge < -0.3 is 10.1 Å². The Morgan fingerprint density at radius 1 is 0.857 bits per heavy atom. The fraction of sp³-hybridized carbons (Fsp3) is 0.111. The van der Waals surface area contributed by atoms with Crippen molar-refractivity contribution in [2.45, 2.75) is 24.7 Å². The van der Waals surface area contributed by atoms with Crippen LogP contribution >= 0.6 is 0 Å². The van der Waals surface area contributed by atoms with Crippen LogP contribution in [0.15, 0.2) is 95.9 Å². The summed E-state index contributed by atoms with van der Waals surface area (Å²) in [5, 5.41) is 4.60. The van der Waals surface area contributed by atoms with Gasteiger partial charge in [0, 0.05) is 17.4 Å². The molecule has 4 aromatic rings. The van der Waals surface area contributed by atoms with E-state index in [0.717, 1.165) is 10.8 Å². The van der Waals surface area contributed by atoms with E-state index in [2.05, 4.69) is 5.32 Å². The van der Waals surface area contributed by atoms with Gasteiger partial charge in [0.2, 0.25) is 5.91 Å². The maximum absolute atomic E-state index is 13.0. The van der Waals surface area contributed by atoms with Crippen molar-refractivity contribution < 1.29 is 22.7 Å². The summed E-state index contributed by atoms with van der Waals surface area (Å²) < 4.78 is 33.5. The summed E-state index contributed by atoms with van der Waals surface area (Å²) in [6, 6.07) is 26.1. The van der Waals surface area contributed by atoms with Gasteiger partial charge in [-0.05, 0) is 48.2 Å². The van der Waals surface area contributed by atoms with Crippen LogP contribution in [0, 0.1) is 0 Å². The highest BCUT2D eigenvalue weighted by Gasteiger charge is 2.22. The van der Waals surface area contributed by atoms with E-state index in [4.69, 9.17) is 4.74 Å². The largest absolute Gasteiger partial charge is 0.457 e. The summed E-state index contributed by atoms with van der Waals surface area (Å²) in [5.74, 6) is -0.00974.